The molecule has 0 aliphatic rings. The molecule has 0 aromatic heterocycles. The van der Waals surface area contributed by atoms with E-state index in [2.05, 4.69) is 0 Å². The number of sulfone groups is 1. The van der Waals surface area contributed by atoms with Crippen molar-refractivity contribution in [3.05, 3.63) is 17.7 Å². The van der Waals surface area contributed by atoms with E-state index < -0.39 is 9.84 Å². The van der Waals surface area contributed by atoms with E-state index in [0.717, 1.165) is 0 Å². The molecule has 4 nitrogen and oxygen atoms in total. The molecule has 0 saturated heterocycles. The van der Waals surface area contributed by atoms with Crippen LogP contribution in [0.15, 0.2) is 17.0 Å². The van der Waals surface area contributed by atoms with E-state index >= 15 is 0 Å². The maximum absolute atomic E-state index is 11.8. The molecule has 1 aromatic rings. The minimum Gasteiger partial charge on any atom is -0.508 e. The zero-order chi connectivity index (χ0) is 13.2. The lowest BCUT2D eigenvalue weighted by Crippen LogP contribution is -2.06. The average molecular weight is 258 g/mol. The van der Waals surface area contributed by atoms with Crippen LogP contribution in [0.1, 0.15) is 32.3 Å². The molecule has 0 spiro atoms. The van der Waals surface area contributed by atoms with Crippen molar-refractivity contribution in [3.63, 3.8) is 0 Å². The summed E-state index contributed by atoms with van der Waals surface area (Å²) in [6, 6.07) is 2.86. The second-order valence-electron chi connectivity index (χ2n) is 4.12. The largest absolute Gasteiger partial charge is 0.508 e. The summed E-state index contributed by atoms with van der Waals surface area (Å²) in [5.41, 5.74) is 0.678. The number of hydrogen-bond acceptors (Lipinski definition) is 4. The van der Waals surface area contributed by atoms with Crippen LogP contribution in [0, 0.1) is 0 Å². The Balaban J connectivity index is 3.50. The third-order valence-electron chi connectivity index (χ3n) is 2.65. The van der Waals surface area contributed by atoms with Gasteiger partial charge in [-0.3, -0.25) is 0 Å². The summed E-state index contributed by atoms with van der Waals surface area (Å²) in [4.78, 5) is 0.0457. The van der Waals surface area contributed by atoms with Crippen molar-refractivity contribution in [2.45, 2.75) is 31.6 Å². The summed E-state index contributed by atoms with van der Waals surface area (Å²) in [6.07, 6.45) is 0. The molecule has 0 saturated carbocycles. The van der Waals surface area contributed by atoms with Crippen LogP contribution >= 0.6 is 0 Å². The molecule has 0 radical (unpaired) electrons. The van der Waals surface area contributed by atoms with Gasteiger partial charge in [0.05, 0.1) is 12.9 Å². The molecule has 1 rings (SSSR count). The van der Waals surface area contributed by atoms with Gasteiger partial charge in [-0.2, -0.15) is 0 Å². The fourth-order valence-electron chi connectivity index (χ4n) is 1.59. The van der Waals surface area contributed by atoms with Crippen molar-refractivity contribution < 1.29 is 18.3 Å². The second-order valence-corrected chi connectivity index (χ2v) is 6.37. The van der Waals surface area contributed by atoms with Gasteiger partial charge in [-0.1, -0.05) is 20.8 Å². The van der Waals surface area contributed by atoms with Crippen LogP contribution in [0.3, 0.4) is 0 Å². The molecule has 0 bridgehead atoms. The van der Waals surface area contributed by atoms with Gasteiger partial charge in [0.1, 0.15) is 16.4 Å². The maximum atomic E-state index is 11.8. The average Bonchev–Trinajstić information content (AvgIpc) is 2.28. The molecule has 0 heterocycles. The predicted octanol–water partition coefficient (Wildman–Crippen LogP) is 2.32. The number of benzene rings is 1. The summed E-state index contributed by atoms with van der Waals surface area (Å²) in [7, 11) is -1.97. The van der Waals surface area contributed by atoms with Crippen molar-refractivity contribution in [2.75, 3.05) is 12.9 Å². The molecule has 1 aromatic carbocycles. The molecule has 0 unspecified atom stereocenters. The van der Waals surface area contributed by atoms with Gasteiger partial charge in [0.2, 0.25) is 0 Å². The Morgan fingerprint density at radius 1 is 1.35 bits per heavy atom. The summed E-state index contributed by atoms with van der Waals surface area (Å²) >= 11 is 0. The van der Waals surface area contributed by atoms with Crippen LogP contribution in [0.25, 0.3) is 0 Å². The van der Waals surface area contributed by atoms with Crippen molar-refractivity contribution in [2.24, 2.45) is 0 Å². The van der Waals surface area contributed by atoms with E-state index in [1.165, 1.54) is 13.2 Å². The van der Waals surface area contributed by atoms with Crippen LogP contribution in [0.2, 0.25) is 0 Å². The lowest BCUT2D eigenvalue weighted by Gasteiger charge is -2.14. The maximum Gasteiger partial charge on any atom is 0.181 e. The van der Waals surface area contributed by atoms with Crippen molar-refractivity contribution in [1.82, 2.24) is 0 Å². The van der Waals surface area contributed by atoms with Gasteiger partial charge in [-0.15, -0.1) is 0 Å². The number of phenols is 1. The Hall–Kier alpha value is -1.23. The molecule has 5 heteroatoms. The van der Waals surface area contributed by atoms with Gasteiger partial charge in [-0.05, 0) is 12.0 Å². The van der Waals surface area contributed by atoms with E-state index in [1.54, 1.807) is 13.0 Å². The van der Waals surface area contributed by atoms with E-state index in [9.17, 15) is 13.5 Å². The molecular weight excluding hydrogens is 240 g/mol. The van der Waals surface area contributed by atoms with E-state index in [1.807, 2.05) is 13.8 Å². The van der Waals surface area contributed by atoms with E-state index in [-0.39, 0.29) is 28.1 Å². The van der Waals surface area contributed by atoms with Crippen LogP contribution in [0.4, 0.5) is 0 Å². The Morgan fingerprint density at radius 3 is 2.35 bits per heavy atom. The quantitative estimate of drug-likeness (QED) is 0.900. The first-order chi connectivity index (χ1) is 7.83. The summed E-state index contributed by atoms with van der Waals surface area (Å²) in [5.74, 6) is 0.354. The lowest BCUT2D eigenvalue weighted by molar-refractivity contribution is 0.397. The zero-order valence-electron chi connectivity index (χ0n) is 10.5. The molecule has 0 fully saturated rings. The number of rotatable bonds is 4. The SMILES string of the molecule is CCS(=O)(=O)c1cc(O)c(C(C)C)cc1OC. The van der Waals surface area contributed by atoms with Crippen LogP contribution in [-0.4, -0.2) is 26.4 Å². The summed E-state index contributed by atoms with van der Waals surface area (Å²) in [6.45, 7) is 5.40. The highest BCUT2D eigenvalue weighted by atomic mass is 32.2. The normalized spacial score (nSPS) is 11.8. The third kappa shape index (κ3) is 2.72. The molecule has 0 atom stereocenters. The molecule has 0 amide bonds. The van der Waals surface area contributed by atoms with Gasteiger partial charge in [-0.25, -0.2) is 8.42 Å². The Bertz CT molecular complexity index is 503. The first-order valence-electron chi connectivity index (χ1n) is 5.47. The number of aromatic hydroxyl groups is 1. The van der Waals surface area contributed by atoms with Crippen molar-refractivity contribution in [3.8, 4) is 11.5 Å². The van der Waals surface area contributed by atoms with E-state index in [0.29, 0.717) is 5.56 Å². The highest BCUT2D eigenvalue weighted by Gasteiger charge is 2.21. The molecular formula is C12H18O4S. The van der Waals surface area contributed by atoms with Gasteiger partial charge in [0, 0.05) is 11.6 Å². The first kappa shape index (κ1) is 13.8. The van der Waals surface area contributed by atoms with Gasteiger partial charge in [0.25, 0.3) is 0 Å². The minimum atomic E-state index is -3.39. The van der Waals surface area contributed by atoms with E-state index in [4.69, 9.17) is 4.74 Å². The Morgan fingerprint density at radius 2 is 1.94 bits per heavy atom. The predicted molar refractivity (Wildman–Crippen MR) is 66.5 cm³/mol. The molecule has 17 heavy (non-hydrogen) atoms. The number of ether oxygens (including phenoxy) is 1. The minimum absolute atomic E-state index is 0.00664. The fourth-order valence-corrected chi connectivity index (χ4v) is 2.64. The molecule has 96 valence electrons. The molecule has 1 N–H and O–H groups in total. The molecule has 0 aliphatic carbocycles. The second kappa shape index (κ2) is 4.96. The monoisotopic (exact) mass is 258 g/mol. The summed E-state index contributed by atoms with van der Waals surface area (Å²) < 4.78 is 28.7. The zero-order valence-corrected chi connectivity index (χ0v) is 11.3. The number of hydrogen-bond donors (Lipinski definition) is 1. The third-order valence-corrected chi connectivity index (χ3v) is 4.40. The van der Waals surface area contributed by atoms with Crippen LogP contribution in [-0.2, 0) is 9.84 Å². The number of phenolic OH excluding ortho intramolecular Hbond substituents is 1. The highest BCUT2D eigenvalue weighted by Crippen LogP contribution is 2.35. The van der Waals surface area contributed by atoms with Gasteiger partial charge < -0.3 is 9.84 Å². The standard InChI is InChI=1S/C12H18O4S/c1-5-17(14,15)12-7-10(13)9(8(2)3)6-11(12)16-4/h6-8,13H,5H2,1-4H3. The Kier molecular flexibility index (Phi) is 4.03. The smallest absolute Gasteiger partial charge is 0.181 e. The lowest BCUT2D eigenvalue weighted by atomic mass is 10.0. The fraction of sp³-hybridized carbons (Fsp3) is 0.500. The van der Waals surface area contributed by atoms with Crippen LogP contribution in [0.5, 0.6) is 11.5 Å². The topological polar surface area (TPSA) is 63.6 Å². The van der Waals surface area contributed by atoms with Crippen LogP contribution < -0.4 is 4.74 Å². The first-order valence-corrected chi connectivity index (χ1v) is 7.12. The summed E-state index contributed by atoms with van der Waals surface area (Å²) in [5, 5.41) is 9.82. The van der Waals surface area contributed by atoms with Crippen molar-refractivity contribution >= 4 is 9.84 Å². The van der Waals surface area contributed by atoms with Gasteiger partial charge >= 0.3 is 0 Å². The van der Waals surface area contributed by atoms with Crippen molar-refractivity contribution in [1.29, 1.82) is 0 Å². The number of methoxy groups -OCH3 is 1. The van der Waals surface area contributed by atoms with Gasteiger partial charge in [0.15, 0.2) is 9.84 Å². The molecule has 0 aliphatic heterocycles. The Labute approximate surface area is 102 Å². The highest BCUT2D eigenvalue weighted by molar-refractivity contribution is 7.91.